The minimum atomic E-state index is -0.974. The molecule has 3 N–H and O–H groups in total. The predicted molar refractivity (Wildman–Crippen MR) is 155 cm³/mol. The number of anilines is 1. The van der Waals surface area contributed by atoms with Crippen LogP contribution in [0.4, 0.5) is 10.3 Å². The largest absolute Gasteiger partial charge is 0.497 e. The predicted octanol–water partition coefficient (Wildman–Crippen LogP) is 4.12. The lowest BCUT2D eigenvalue weighted by Gasteiger charge is -2.25. The number of amides is 2. The number of nitrogens with zero attached hydrogens (tertiary/aromatic N) is 3. The molecular weight excluding hydrogens is 565 g/mol. The minimum absolute atomic E-state index is 0.204. The van der Waals surface area contributed by atoms with Gasteiger partial charge in [-0.1, -0.05) is 30.7 Å². The molecule has 0 bridgehead atoms. The average molecular weight is 598 g/mol. The summed E-state index contributed by atoms with van der Waals surface area (Å²) in [6.45, 7) is 3.12. The van der Waals surface area contributed by atoms with Crippen molar-refractivity contribution in [3.63, 3.8) is 0 Å². The first-order chi connectivity index (χ1) is 20.2. The number of nitrogens with one attached hydrogen (secondary N) is 2. The van der Waals surface area contributed by atoms with Crippen LogP contribution in [0.2, 0.25) is 5.02 Å². The van der Waals surface area contributed by atoms with Gasteiger partial charge in [0.1, 0.15) is 18.1 Å². The number of aromatic nitrogens is 2. The summed E-state index contributed by atoms with van der Waals surface area (Å²) in [5, 5.41) is 17.1. The van der Waals surface area contributed by atoms with Crippen molar-refractivity contribution in [3.05, 3.63) is 70.1 Å². The van der Waals surface area contributed by atoms with Crippen LogP contribution in [-0.4, -0.2) is 70.8 Å². The number of carbonyl (C=O) groups excluding carboxylic acids is 2. The topological polar surface area (TPSA) is 126 Å². The van der Waals surface area contributed by atoms with Gasteiger partial charge >= 0.3 is 0 Å². The highest BCUT2D eigenvalue weighted by molar-refractivity contribution is 6.33. The Morgan fingerprint density at radius 2 is 2.05 bits per heavy atom. The number of methoxy groups -OCH3 is 1. The Kier molecular flexibility index (Phi) is 9.20. The molecule has 1 fully saturated rings. The molecule has 5 rings (SSSR count). The third kappa shape index (κ3) is 6.64. The highest BCUT2D eigenvalue weighted by Crippen LogP contribution is 2.32. The number of aliphatic hydroxyl groups excluding tert-OH is 1. The maximum Gasteiger partial charge on any atom is 0.254 e. The first kappa shape index (κ1) is 29.7. The van der Waals surface area contributed by atoms with Gasteiger partial charge in [-0.2, -0.15) is 0 Å². The van der Waals surface area contributed by atoms with Crippen LogP contribution in [0.3, 0.4) is 0 Å². The standard InChI is InChI=1S/C30H33ClFN5O5/c1-3-25(38)28(19-10-20(32)13-22(11-19)41-2)35-26(39)16-37-15-18-5-4-17(12-23(18)29(37)40)27-24(31)14-33-30(36-27)34-21-6-8-42-9-7-21/h4-5,10-14,21,25,28,38H,3,6-9,15-16H2,1-2H3,(H,35,39)(H,33,34,36). The van der Waals surface area contributed by atoms with Crippen molar-refractivity contribution >= 4 is 29.4 Å². The number of hydrogen-bond acceptors (Lipinski definition) is 8. The molecular formula is C30H33ClFN5O5. The first-order valence-electron chi connectivity index (χ1n) is 13.9. The number of fused-ring (bicyclic) bond motifs is 1. The van der Waals surface area contributed by atoms with Gasteiger partial charge in [0.05, 0.1) is 36.2 Å². The molecule has 2 atom stereocenters. The zero-order valence-electron chi connectivity index (χ0n) is 23.4. The van der Waals surface area contributed by atoms with Gasteiger partial charge in [0.15, 0.2) is 0 Å². The fourth-order valence-electron chi connectivity index (χ4n) is 5.21. The van der Waals surface area contributed by atoms with Crippen molar-refractivity contribution in [3.8, 4) is 17.0 Å². The van der Waals surface area contributed by atoms with Crippen LogP contribution < -0.4 is 15.4 Å². The van der Waals surface area contributed by atoms with Gasteiger partial charge in [-0.25, -0.2) is 14.4 Å². The van der Waals surface area contributed by atoms with E-state index >= 15 is 0 Å². The summed E-state index contributed by atoms with van der Waals surface area (Å²) in [5.41, 5.74) is 2.73. The average Bonchev–Trinajstić information content (AvgIpc) is 3.30. The lowest BCUT2D eigenvalue weighted by Crippen LogP contribution is -2.42. The van der Waals surface area contributed by atoms with Crippen molar-refractivity contribution in [1.29, 1.82) is 0 Å². The van der Waals surface area contributed by atoms with E-state index in [-0.39, 0.29) is 30.8 Å². The van der Waals surface area contributed by atoms with Crippen LogP contribution in [0.25, 0.3) is 11.3 Å². The zero-order chi connectivity index (χ0) is 29.8. The molecule has 2 aliphatic rings. The molecule has 10 nitrogen and oxygen atoms in total. The van der Waals surface area contributed by atoms with Crippen molar-refractivity contribution in [1.82, 2.24) is 20.2 Å². The Labute approximate surface area is 248 Å². The number of hydrogen-bond donors (Lipinski definition) is 3. The first-order valence-corrected chi connectivity index (χ1v) is 14.2. The molecule has 3 heterocycles. The smallest absolute Gasteiger partial charge is 0.254 e. The number of aliphatic hydroxyl groups is 1. The molecule has 0 radical (unpaired) electrons. The number of ether oxygens (including phenoxy) is 2. The summed E-state index contributed by atoms with van der Waals surface area (Å²) >= 11 is 6.45. The van der Waals surface area contributed by atoms with Crippen LogP contribution in [0, 0.1) is 5.82 Å². The van der Waals surface area contributed by atoms with Gasteiger partial charge in [-0.15, -0.1) is 0 Å². The molecule has 1 aromatic heterocycles. The Hall–Kier alpha value is -3.80. The summed E-state index contributed by atoms with van der Waals surface area (Å²) in [6, 6.07) is 8.73. The summed E-state index contributed by atoms with van der Waals surface area (Å²) in [6.07, 6.45) is 2.59. The molecule has 2 unspecified atom stereocenters. The monoisotopic (exact) mass is 597 g/mol. The summed E-state index contributed by atoms with van der Waals surface area (Å²) in [7, 11) is 1.41. The maximum absolute atomic E-state index is 14.2. The number of benzene rings is 2. The normalized spacial score (nSPS) is 16.6. The second-order valence-corrected chi connectivity index (χ2v) is 10.8. The van der Waals surface area contributed by atoms with Crippen molar-refractivity contribution in [2.75, 3.05) is 32.2 Å². The molecule has 222 valence electrons. The van der Waals surface area contributed by atoms with Gasteiger partial charge in [0, 0.05) is 43.0 Å². The number of rotatable bonds is 10. The summed E-state index contributed by atoms with van der Waals surface area (Å²) < 4.78 is 24.7. The van der Waals surface area contributed by atoms with E-state index in [4.69, 9.17) is 21.1 Å². The number of halogens is 2. The third-order valence-electron chi connectivity index (χ3n) is 7.50. The molecule has 0 saturated carbocycles. The molecule has 0 spiro atoms. The fraction of sp³-hybridized carbons (Fsp3) is 0.400. The van der Waals surface area contributed by atoms with Gasteiger partial charge in [-0.3, -0.25) is 9.59 Å². The van der Waals surface area contributed by atoms with E-state index in [2.05, 4.69) is 20.6 Å². The molecule has 2 amide bonds. The van der Waals surface area contributed by atoms with Gasteiger partial charge in [-0.05, 0) is 48.6 Å². The molecule has 1 saturated heterocycles. The molecule has 3 aromatic rings. The maximum atomic E-state index is 14.2. The molecule has 42 heavy (non-hydrogen) atoms. The van der Waals surface area contributed by atoms with Gasteiger partial charge in [0.25, 0.3) is 5.91 Å². The van der Waals surface area contributed by atoms with Crippen molar-refractivity contribution < 1.29 is 28.6 Å². The lowest BCUT2D eigenvalue weighted by molar-refractivity contribution is -0.123. The fourth-order valence-corrected chi connectivity index (χ4v) is 5.41. The summed E-state index contributed by atoms with van der Waals surface area (Å²) in [4.78, 5) is 36.8. The second-order valence-electron chi connectivity index (χ2n) is 10.4. The van der Waals surface area contributed by atoms with Crippen LogP contribution >= 0.6 is 11.6 Å². The van der Waals surface area contributed by atoms with Crippen LogP contribution in [-0.2, 0) is 16.1 Å². The van der Waals surface area contributed by atoms with E-state index in [1.54, 1.807) is 19.1 Å². The third-order valence-corrected chi connectivity index (χ3v) is 7.78. The highest BCUT2D eigenvalue weighted by atomic mass is 35.5. The lowest BCUT2D eigenvalue weighted by atomic mass is 9.99. The van der Waals surface area contributed by atoms with Crippen LogP contribution in [0.1, 0.15) is 53.7 Å². The van der Waals surface area contributed by atoms with Crippen LogP contribution in [0.5, 0.6) is 5.75 Å². The zero-order valence-corrected chi connectivity index (χ0v) is 24.2. The summed E-state index contributed by atoms with van der Waals surface area (Å²) in [5.74, 6) is -0.634. The Balaban J connectivity index is 1.29. The Morgan fingerprint density at radius 1 is 1.26 bits per heavy atom. The van der Waals surface area contributed by atoms with Crippen molar-refractivity contribution in [2.45, 2.75) is 50.9 Å². The molecule has 0 aliphatic carbocycles. The van der Waals surface area contributed by atoms with E-state index in [0.29, 0.717) is 53.0 Å². The Bertz CT molecular complexity index is 1470. The van der Waals surface area contributed by atoms with Crippen LogP contribution in [0.15, 0.2) is 42.6 Å². The van der Waals surface area contributed by atoms with E-state index in [9.17, 15) is 19.1 Å². The van der Waals surface area contributed by atoms with Gasteiger partial charge in [0.2, 0.25) is 11.9 Å². The van der Waals surface area contributed by atoms with Gasteiger partial charge < -0.3 is 30.1 Å². The Morgan fingerprint density at radius 3 is 2.79 bits per heavy atom. The SMILES string of the molecule is CCC(O)C(NC(=O)CN1Cc2ccc(-c3nc(NC4CCOCC4)ncc3Cl)cc2C1=O)c1cc(F)cc(OC)c1. The van der Waals surface area contributed by atoms with E-state index < -0.39 is 23.9 Å². The number of carbonyl (C=O) groups is 2. The second kappa shape index (κ2) is 13.0. The van der Waals surface area contributed by atoms with Crippen molar-refractivity contribution in [2.24, 2.45) is 0 Å². The quantitative estimate of drug-likeness (QED) is 0.319. The highest BCUT2D eigenvalue weighted by Gasteiger charge is 2.31. The molecule has 12 heteroatoms. The molecule has 2 aromatic carbocycles. The minimum Gasteiger partial charge on any atom is -0.497 e. The van der Waals surface area contributed by atoms with E-state index in [1.807, 2.05) is 12.1 Å². The van der Waals surface area contributed by atoms with E-state index in [0.717, 1.165) is 18.4 Å². The van der Waals surface area contributed by atoms with E-state index in [1.165, 1.54) is 30.3 Å². The molecule has 2 aliphatic heterocycles.